The summed E-state index contributed by atoms with van der Waals surface area (Å²) in [7, 11) is 0. The number of para-hydroxylation sites is 1. The first-order valence-corrected chi connectivity index (χ1v) is 5.91. The SMILES string of the molecule is [2H]c1c([2H])c([2H])c(-c2c([2H])c([2H])c3oc4c([2H])c([2H])c([2H])c([2H])c4c3c2[2H])c(C)c1[2H]. The third kappa shape index (κ3) is 1.64. The van der Waals surface area contributed by atoms with E-state index in [4.69, 9.17) is 19.5 Å². The fourth-order valence-corrected chi connectivity index (χ4v) is 2.05. The molecule has 0 aliphatic rings. The van der Waals surface area contributed by atoms with Crippen molar-refractivity contribution in [3.63, 3.8) is 0 Å². The van der Waals surface area contributed by atoms with Crippen molar-refractivity contribution in [3.8, 4) is 11.1 Å². The standard InChI is InChI=1S/C19H14O/c1-13-6-2-3-7-15(13)14-10-11-19-17(12-14)16-8-4-5-9-18(16)20-19/h2-12H,1H3/i2D,3D,4D,5D,6D,7D,8D,9D,10D,11D,12D. The molecule has 0 unspecified atom stereocenters. The topological polar surface area (TPSA) is 13.1 Å². The van der Waals surface area contributed by atoms with Crippen LogP contribution in [0.25, 0.3) is 33.1 Å². The van der Waals surface area contributed by atoms with Gasteiger partial charge in [0.1, 0.15) is 11.2 Å². The molecule has 1 nitrogen and oxygen atoms in total. The quantitative estimate of drug-likeness (QED) is 0.441. The van der Waals surface area contributed by atoms with Crippen LogP contribution >= 0.6 is 0 Å². The Morgan fingerprint density at radius 1 is 0.800 bits per heavy atom. The van der Waals surface area contributed by atoms with Crippen molar-refractivity contribution in [2.45, 2.75) is 6.92 Å². The van der Waals surface area contributed by atoms with E-state index < -0.39 is 60.4 Å². The molecular formula is C19H14O. The smallest absolute Gasteiger partial charge is 0.135 e. The Morgan fingerprint density at radius 2 is 1.55 bits per heavy atom. The van der Waals surface area contributed by atoms with Gasteiger partial charge < -0.3 is 4.42 Å². The van der Waals surface area contributed by atoms with E-state index in [1.807, 2.05) is 0 Å². The van der Waals surface area contributed by atoms with E-state index >= 15 is 0 Å². The van der Waals surface area contributed by atoms with Crippen molar-refractivity contribution in [1.82, 2.24) is 0 Å². The van der Waals surface area contributed by atoms with Gasteiger partial charge in [-0.05, 0) is 41.7 Å². The van der Waals surface area contributed by atoms with E-state index in [1.54, 1.807) is 0 Å². The Balaban J connectivity index is 2.30. The maximum absolute atomic E-state index is 8.72. The van der Waals surface area contributed by atoms with Crippen LogP contribution in [0, 0.1) is 6.92 Å². The predicted molar refractivity (Wildman–Crippen MR) is 83.9 cm³/mol. The number of hydrogen-bond acceptors (Lipinski definition) is 1. The molecule has 1 heterocycles. The molecule has 0 bridgehead atoms. The summed E-state index contributed by atoms with van der Waals surface area (Å²) in [5.74, 6) is 0. The van der Waals surface area contributed by atoms with Crippen LogP contribution in [0.3, 0.4) is 0 Å². The summed E-state index contributed by atoms with van der Waals surface area (Å²) in [4.78, 5) is 0. The van der Waals surface area contributed by atoms with Gasteiger partial charge in [0.25, 0.3) is 0 Å². The third-order valence-corrected chi connectivity index (χ3v) is 3.01. The molecule has 3 aromatic carbocycles. The van der Waals surface area contributed by atoms with Crippen LogP contribution in [-0.4, -0.2) is 0 Å². The van der Waals surface area contributed by atoms with Crippen LogP contribution in [0.15, 0.2) is 70.9 Å². The van der Waals surface area contributed by atoms with Crippen molar-refractivity contribution in [3.05, 3.63) is 72.0 Å². The summed E-state index contributed by atoms with van der Waals surface area (Å²) < 4.78 is 95.2. The Bertz CT molecular complexity index is 1420. The van der Waals surface area contributed by atoms with Crippen LogP contribution in [-0.2, 0) is 0 Å². The van der Waals surface area contributed by atoms with Gasteiger partial charge >= 0.3 is 0 Å². The first-order valence-electron chi connectivity index (χ1n) is 11.4. The Kier molecular flexibility index (Phi) is 1.01. The lowest BCUT2D eigenvalue weighted by Crippen LogP contribution is -1.81. The fourth-order valence-electron chi connectivity index (χ4n) is 2.05. The zero-order valence-corrected chi connectivity index (χ0v) is 10.4. The summed E-state index contributed by atoms with van der Waals surface area (Å²) >= 11 is 0. The molecular weight excluding hydrogens is 244 g/mol. The third-order valence-electron chi connectivity index (χ3n) is 3.01. The van der Waals surface area contributed by atoms with E-state index in [-0.39, 0.29) is 44.7 Å². The molecule has 0 aliphatic heterocycles. The molecule has 4 rings (SSSR count). The zero-order valence-electron chi connectivity index (χ0n) is 21.4. The van der Waals surface area contributed by atoms with Gasteiger partial charge in [-0.3, -0.25) is 0 Å². The van der Waals surface area contributed by atoms with Crippen LogP contribution in [0.5, 0.6) is 0 Å². The molecule has 20 heavy (non-hydrogen) atoms. The molecule has 0 fully saturated rings. The average molecular weight is 269 g/mol. The molecule has 1 heteroatoms. The lowest BCUT2D eigenvalue weighted by Gasteiger charge is -2.05. The highest BCUT2D eigenvalue weighted by Crippen LogP contribution is 2.33. The second-order valence-electron chi connectivity index (χ2n) is 4.26. The molecule has 0 radical (unpaired) electrons. The number of benzene rings is 3. The monoisotopic (exact) mass is 269 g/mol. The number of hydrogen-bond donors (Lipinski definition) is 0. The average Bonchev–Trinajstić information content (AvgIpc) is 3.15. The van der Waals surface area contributed by atoms with E-state index in [0.717, 1.165) is 0 Å². The van der Waals surface area contributed by atoms with Gasteiger partial charge in [-0.25, -0.2) is 0 Å². The van der Waals surface area contributed by atoms with Crippen molar-refractivity contribution < 1.29 is 19.5 Å². The van der Waals surface area contributed by atoms with Gasteiger partial charge in [0, 0.05) is 10.8 Å². The fraction of sp³-hybridized carbons (Fsp3) is 0.0526. The minimum absolute atomic E-state index is 0.0986. The van der Waals surface area contributed by atoms with Crippen LogP contribution in [0.2, 0.25) is 0 Å². The first-order chi connectivity index (χ1) is 14.4. The highest BCUT2D eigenvalue weighted by atomic mass is 16.3. The molecule has 0 saturated heterocycles. The van der Waals surface area contributed by atoms with E-state index in [9.17, 15) is 0 Å². The number of rotatable bonds is 1. The maximum atomic E-state index is 8.72. The second-order valence-corrected chi connectivity index (χ2v) is 4.26. The molecule has 0 amide bonds. The second kappa shape index (κ2) is 4.24. The molecule has 0 saturated carbocycles. The van der Waals surface area contributed by atoms with Crippen LogP contribution < -0.4 is 0 Å². The lowest BCUT2D eigenvalue weighted by atomic mass is 9.99. The van der Waals surface area contributed by atoms with Gasteiger partial charge in [-0.1, -0.05) is 48.3 Å². The zero-order chi connectivity index (χ0) is 23.1. The molecule has 0 spiro atoms. The maximum Gasteiger partial charge on any atom is 0.135 e. The van der Waals surface area contributed by atoms with Crippen molar-refractivity contribution in [1.29, 1.82) is 0 Å². The number of fused-ring (bicyclic) bond motifs is 3. The highest BCUT2D eigenvalue weighted by Gasteiger charge is 2.08. The summed E-state index contributed by atoms with van der Waals surface area (Å²) in [6.45, 7) is 1.43. The molecule has 0 N–H and O–H groups in total. The summed E-state index contributed by atoms with van der Waals surface area (Å²) in [6.07, 6.45) is 0. The van der Waals surface area contributed by atoms with E-state index in [1.165, 1.54) is 6.92 Å². The minimum Gasteiger partial charge on any atom is -0.456 e. The van der Waals surface area contributed by atoms with E-state index in [0.29, 0.717) is 0 Å². The summed E-state index contributed by atoms with van der Waals surface area (Å²) in [5.41, 5.74) is -0.726. The predicted octanol–water partition coefficient (Wildman–Crippen LogP) is 5.56. The van der Waals surface area contributed by atoms with Crippen molar-refractivity contribution >= 4 is 21.9 Å². The van der Waals surface area contributed by atoms with Gasteiger partial charge in [0.05, 0.1) is 15.1 Å². The summed E-state index contributed by atoms with van der Waals surface area (Å²) in [6, 6.07) is -5.21. The lowest BCUT2D eigenvalue weighted by molar-refractivity contribution is 0.669. The number of furan rings is 1. The van der Waals surface area contributed by atoms with Gasteiger partial charge in [0.2, 0.25) is 0 Å². The first kappa shape index (κ1) is 4.78. The Hall–Kier alpha value is -2.54. The van der Waals surface area contributed by atoms with E-state index in [2.05, 4.69) is 0 Å². The van der Waals surface area contributed by atoms with Crippen LogP contribution in [0.1, 0.15) is 20.6 Å². The van der Waals surface area contributed by atoms with Crippen molar-refractivity contribution in [2.24, 2.45) is 0 Å². The van der Waals surface area contributed by atoms with Gasteiger partial charge in [0.15, 0.2) is 0 Å². The van der Waals surface area contributed by atoms with Crippen molar-refractivity contribution in [2.75, 3.05) is 0 Å². The molecule has 4 aromatic rings. The molecule has 1 aromatic heterocycles. The minimum atomic E-state index is -0.546. The summed E-state index contributed by atoms with van der Waals surface area (Å²) in [5, 5.41) is -0.218. The molecule has 0 atom stereocenters. The highest BCUT2D eigenvalue weighted by molar-refractivity contribution is 6.06. The molecule has 96 valence electrons. The Labute approximate surface area is 132 Å². The Morgan fingerprint density at radius 3 is 2.50 bits per heavy atom. The van der Waals surface area contributed by atoms with Gasteiger partial charge in [-0.2, -0.15) is 0 Å². The van der Waals surface area contributed by atoms with Gasteiger partial charge in [-0.15, -0.1) is 0 Å². The largest absolute Gasteiger partial charge is 0.456 e. The normalized spacial score (nSPS) is 18.9. The molecule has 0 aliphatic carbocycles. The van der Waals surface area contributed by atoms with Crippen LogP contribution in [0.4, 0.5) is 0 Å².